The first-order valence-electron chi connectivity index (χ1n) is 6.57. The van der Waals surface area contributed by atoms with Gasteiger partial charge in [-0.3, -0.25) is 4.79 Å². The van der Waals surface area contributed by atoms with Gasteiger partial charge in [-0.25, -0.2) is 0 Å². The predicted octanol–water partition coefficient (Wildman–Crippen LogP) is 1.52. The Morgan fingerprint density at radius 1 is 1.35 bits per heavy atom. The highest BCUT2D eigenvalue weighted by Gasteiger charge is 2.22. The van der Waals surface area contributed by atoms with E-state index in [1.54, 1.807) is 17.0 Å². The van der Waals surface area contributed by atoms with Crippen molar-refractivity contribution in [3.63, 3.8) is 0 Å². The van der Waals surface area contributed by atoms with Gasteiger partial charge in [-0.1, -0.05) is 0 Å². The number of rotatable bonds is 1. The molecule has 0 atom stereocenters. The maximum atomic E-state index is 12.6. The normalized spacial score (nSPS) is 15.3. The Morgan fingerprint density at radius 2 is 2.10 bits per heavy atom. The Balaban J connectivity index is 2.06. The SMILES string of the molecule is Cn1cc(C(=O)N2CCOCC2)c2cc(C#N)ccc21. The number of hydrogen-bond donors (Lipinski definition) is 0. The number of carbonyl (C=O) groups is 1. The topological polar surface area (TPSA) is 58.3 Å². The van der Waals surface area contributed by atoms with Crippen LogP contribution in [0.1, 0.15) is 15.9 Å². The molecule has 1 saturated heterocycles. The number of aromatic nitrogens is 1. The molecule has 0 aliphatic carbocycles. The quantitative estimate of drug-likeness (QED) is 0.788. The first-order chi connectivity index (χ1) is 9.70. The van der Waals surface area contributed by atoms with Crippen molar-refractivity contribution in [1.82, 2.24) is 9.47 Å². The number of carbonyl (C=O) groups excluding carboxylic acids is 1. The summed E-state index contributed by atoms with van der Waals surface area (Å²) in [6, 6.07) is 7.55. The monoisotopic (exact) mass is 269 g/mol. The highest BCUT2D eigenvalue weighted by Crippen LogP contribution is 2.23. The van der Waals surface area contributed by atoms with Crippen LogP contribution < -0.4 is 0 Å². The van der Waals surface area contributed by atoms with Crippen molar-refractivity contribution in [2.45, 2.75) is 0 Å². The molecule has 1 amide bonds. The molecular weight excluding hydrogens is 254 g/mol. The van der Waals surface area contributed by atoms with Crippen molar-refractivity contribution in [1.29, 1.82) is 5.26 Å². The highest BCUT2D eigenvalue weighted by atomic mass is 16.5. The van der Waals surface area contributed by atoms with E-state index in [-0.39, 0.29) is 5.91 Å². The predicted molar refractivity (Wildman–Crippen MR) is 74.4 cm³/mol. The van der Waals surface area contributed by atoms with E-state index < -0.39 is 0 Å². The number of amides is 1. The van der Waals surface area contributed by atoms with E-state index in [9.17, 15) is 4.79 Å². The Bertz CT molecular complexity index is 706. The number of benzene rings is 1. The van der Waals surface area contributed by atoms with E-state index in [1.807, 2.05) is 23.9 Å². The Kier molecular flexibility index (Phi) is 3.17. The van der Waals surface area contributed by atoms with Crippen LogP contribution in [0.2, 0.25) is 0 Å². The van der Waals surface area contributed by atoms with E-state index in [0.717, 1.165) is 10.9 Å². The van der Waals surface area contributed by atoms with Crippen LogP contribution in [0.25, 0.3) is 10.9 Å². The smallest absolute Gasteiger partial charge is 0.256 e. The van der Waals surface area contributed by atoms with Gasteiger partial charge in [-0.15, -0.1) is 0 Å². The standard InChI is InChI=1S/C15H15N3O2/c1-17-10-13(15(19)18-4-6-20-7-5-18)12-8-11(9-16)2-3-14(12)17/h2-3,8,10H,4-7H2,1H3. The number of fused-ring (bicyclic) bond motifs is 1. The van der Waals surface area contributed by atoms with Crippen molar-refractivity contribution in [2.75, 3.05) is 26.3 Å². The molecule has 5 nitrogen and oxygen atoms in total. The number of hydrogen-bond acceptors (Lipinski definition) is 3. The van der Waals surface area contributed by atoms with Crippen LogP contribution in [0, 0.1) is 11.3 Å². The third kappa shape index (κ3) is 2.04. The molecule has 0 N–H and O–H groups in total. The molecule has 0 spiro atoms. The van der Waals surface area contributed by atoms with Crippen molar-refractivity contribution in [2.24, 2.45) is 7.05 Å². The summed E-state index contributed by atoms with van der Waals surface area (Å²) in [6.45, 7) is 2.40. The van der Waals surface area contributed by atoms with Gasteiger partial charge >= 0.3 is 0 Å². The molecule has 20 heavy (non-hydrogen) atoms. The van der Waals surface area contributed by atoms with E-state index in [2.05, 4.69) is 6.07 Å². The van der Waals surface area contributed by atoms with Gasteiger partial charge in [0.25, 0.3) is 5.91 Å². The van der Waals surface area contributed by atoms with Crippen LogP contribution in [-0.2, 0) is 11.8 Å². The van der Waals surface area contributed by atoms with Crippen LogP contribution in [0.5, 0.6) is 0 Å². The molecule has 5 heteroatoms. The zero-order chi connectivity index (χ0) is 14.1. The molecular formula is C15H15N3O2. The second-order valence-electron chi connectivity index (χ2n) is 4.90. The minimum Gasteiger partial charge on any atom is -0.378 e. The van der Waals surface area contributed by atoms with Gasteiger partial charge in [0, 0.05) is 37.2 Å². The van der Waals surface area contributed by atoms with Gasteiger partial charge in [-0.2, -0.15) is 5.26 Å². The van der Waals surface area contributed by atoms with Gasteiger partial charge in [0.1, 0.15) is 0 Å². The minimum atomic E-state index is 0.00832. The van der Waals surface area contributed by atoms with Crippen molar-refractivity contribution in [3.05, 3.63) is 35.5 Å². The summed E-state index contributed by atoms with van der Waals surface area (Å²) in [5.74, 6) is 0.00832. The number of nitrogens with zero attached hydrogens (tertiary/aromatic N) is 3. The maximum Gasteiger partial charge on any atom is 0.256 e. The lowest BCUT2D eigenvalue weighted by molar-refractivity contribution is 0.0304. The third-order valence-electron chi connectivity index (χ3n) is 3.65. The fourth-order valence-electron chi connectivity index (χ4n) is 2.57. The fourth-order valence-corrected chi connectivity index (χ4v) is 2.57. The first-order valence-corrected chi connectivity index (χ1v) is 6.57. The summed E-state index contributed by atoms with van der Waals surface area (Å²) in [6.07, 6.45) is 1.84. The van der Waals surface area contributed by atoms with Crippen LogP contribution >= 0.6 is 0 Å². The number of ether oxygens (including phenoxy) is 1. The third-order valence-corrected chi connectivity index (χ3v) is 3.65. The summed E-state index contributed by atoms with van der Waals surface area (Å²) >= 11 is 0. The first kappa shape index (κ1) is 12.7. The lowest BCUT2D eigenvalue weighted by Crippen LogP contribution is -2.40. The van der Waals surface area contributed by atoms with Crippen LogP contribution in [0.15, 0.2) is 24.4 Å². The summed E-state index contributed by atoms with van der Waals surface area (Å²) in [4.78, 5) is 14.4. The average molecular weight is 269 g/mol. The minimum absolute atomic E-state index is 0.00832. The van der Waals surface area contributed by atoms with Crippen LogP contribution in [-0.4, -0.2) is 41.7 Å². The molecule has 102 valence electrons. The molecule has 1 aliphatic heterocycles. The number of aryl methyl sites for hydroxylation is 1. The second-order valence-corrected chi connectivity index (χ2v) is 4.90. The van der Waals surface area contributed by atoms with Gasteiger partial charge in [0.2, 0.25) is 0 Å². The van der Waals surface area contributed by atoms with E-state index in [0.29, 0.717) is 37.4 Å². The maximum absolute atomic E-state index is 12.6. The lowest BCUT2D eigenvalue weighted by atomic mass is 10.1. The molecule has 1 aromatic heterocycles. The molecule has 1 aliphatic rings. The Labute approximate surface area is 117 Å². The molecule has 2 heterocycles. The van der Waals surface area contributed by atoms with Crippen molar-refractivity contribution >= 4 is 16.8 Å². The Hall–Kier alpha value is -2.32. The summed E-state index contributed by atoms with van der Waals surface area (Å²) in [5, 5.41) is 9.85. The molecule has 2 aromatic rings. The Morgan fingerprint density at radius 3 is 2.80 bits per heavy atom. The molecule has 1 fully saturated rings. The van der Waals surface area contributed by atoms with Crippen LogP contribution in [0.4, 0.5) is 0 Å². The molecule has 0 unspecified atom stereocenters. The molecule has 1 aromatic carbocycles. The van der Waals surface area contributed by atoms with E-state index in [4.69, 9.17) is 10.00 Å². The molecule has 0 bridgehead atoms. The summed E-state index contributed by atoms with van der Waals surface area (Å²) in [5.41, 5.74) is 2.18. The molecule has 3 rings (SSSR count). The van der Waals surface area contributed by atoms with E-state index >= 15 is 0 Å². The zero-order valence-corrected chi connectivity index (χ0v) is 11.3. The summed E-state index contributed by atoms with van der Waals surface area (Å²) < 4.78 is 7.19. The fraction of sp³-hybridized carbons (Fsp3) is 0.333. The highest BCUT2D eigenvalue weighted by molar-refractivity contribution is 6.07. The largest absolute Gasteiger partial charge is 0.378 e. The second kappa shape index (κ2) is 4.99. The van der Waals surface area contributed by atoms with Crippen LogP contribution in [0.3, 0.4) is 0 Å². The van der Waals surface area contributed by atoms with Gasteiger partial charge in [-0.05, 0) is 18.2 Å². The zero-order valence-electron chi connectivity index (χ0n) is 11.3. The molecule has 0 radical (unpaired) electrons. The lowest BCUT2D eigenvalue weighted by Gasteiger charge is -2.26. The van der Waals surface area contributed by atoms with Gasteiger partial charge in [0.15, 0.2) is 0 Å². The summed E-state index contributed by atoms with van der Waals surface area (Å²) in [7, 11) is 1.91. The van der Waals surface area contributed by atoms with E-state index in [1.165, 1.54) is 0 Å². The average Bonchev–Trinajstić information content (AvgIpc) is 2.84. The molecule has 0 saturated carbocycles. The van der Waals surface area contributed by atoms with Crippen molar-refractivity contribution < 1.29 is 9.53 Å². The number of morpholine rings is 1. The van der Waals surface area contributed by atoms with Crippen molar-refractivity contribution in [3.8, 4) is 6.07 Å². The number of nitriles is 1. The van der Waals surface area contributed by atoms with Gasteiger partial charge < -0.3 is 14.2 Å². The van der Waals surface area contributed by atoms with Gasteiger partial charge in [0.05, 0.1) is 30.4 Å².